The molecule has 10 nitrogen and oxygen atoms in total. The Balaban J connectivity index is 1.17. The number of aromatic nitrogens is 3. The van der Waals surface area contributed by atoms with Gasteiger partial charge in [0, 0.05) is 64.5 Å². The van der Waals surface area contributed by atoms with E-state index in [9.17, 15) is 0 Å². The van der Waals surface area contributed by atoms with E-state index in [1.54, 1.807) is 0 Å². The molecule has 0 amide bonds. The maximum absolute atomic E-state index is 5.71. The molecule has 6 aliphatic heterocycles. The molecule has 8 bridgehead atoms. The Kier molecular flexibility index (Phi) is 23.4. The molecule has 0 spiro atoms. The van der Waals surface area contributed by atoms with Crippen LogP contribution < -0.4 is 9.88 Å². The van der Waals surface area contributed by atoms with Crippen molar-refractivity contribution in [1.29, 1.82) is 0 Å². The number of pyridine rings is 2. The van der Waals surface area contributed by atoms with Gasteiger partial charge in [-0.25, -0.2) is 39.5 Å². The molecule has 438 valence electrons. The topological polar surface area (TPSA) is 108 Å². The number of hydrogen-bond donors (Lipinski definition) is 1. The van der Waals surface area contributed by atoms with Crippen LogP contribution in [-0.4, -0.2) is 44.6 Å². The Hall–Kier alpha value is -5.90. The van der Waals surface area contributed by atoms with Crippen LogP contribution in [0.5, 0.6) is 0 Å². The van der Waals surface area contributed by atoms with Gasteiger partial charge in [0.1, 0.15) is 18.7 Å². The standard InChI is InChI=1S/C72H101N10/c1-7-11-15-19-23-27-31-35-39-53-43-45-55(41-37-33-29-25-21-17-13-9-3)63-61(53)69-76-67-59-51-81(5)49-47-57(59)65(74-67)73-66-58-48-50-82(6)52-60(58)68(75-66)77-70-62-54(40-36-32-28-24-20-16-12-8-2)44-46-56(42-38-34-30-26-22-18-14-10-4)64(62)72(79-70)80-71(63)78-69/h43-52H,7-42H2,1-6H3,(H,73,74,75,76,77,78,79,80)/q+1. The Morgan fingerprint density at radius 1 is 0.366 bits per heavy atom. The van der Waals surface area contributed by atoms with Gasteiger partial charge in [-0.3, -0.25) is 0 Å². The molecule has 2 aromatic carbocycles. The van der Waals surface area contributed by atoms with E-state index in [1.165, 1.54) is 213 Å². The summed E-state index contributed by atoms with van der Waals surface area (Å²) in [6.45, 7) is 9.22. The molecule has 1 N–H and O–H groups in total. The Morgan fingerprint density at radius 3 is 1.18 bits per heavy atom. The number of nitrogens with zero attached hydrogens (tertiary/aromatic N) is 9. The van der Waals surface area contributed by atoms with Gasteiger partial charge in [0.15, 0.2) is 47.4 Å². The van der Waals surface area contributed by atoms with Crippen LogP contribution in [0.2, 0.25) is 0 Å². The predicted octanol–water partition coefficient (Wildman–Crippen LogP) is 18.6. The van der Waals surface area contributed by atoms with Crippen LogP contribution in [0, 0.1) is 0 Å². The molecule has 0 aliphatic carbocycles. The van der Waals surface area contributed by atoms with Gasteiger partial charge < -0.3 is 9.88 Å². The van der Waals surface area contributed by atoms with Gasteiger partial charge in [0.25, 0.3) is 0 Å². The zero-order valence-corrected chi connectivity index (χ0v) is 51.8. The third-order valence-corrected chi connectivity index (χ3v) is 17.8. The molecule has 7 heterocycles. The first-order chi connectivity index (χ1) is 40.4. The highest BCUT2D eigenvalue weighted by atomic mass is 15.2. The van der Waals surface area contributed by atoms with Crippen molar-refractivity contribution in [3.8, 4) is 11.1 Å². The summed E-state index contributed by atoms with van der Waals surface area (Å²) < 4.78 is 4.17. The van der Waals surface area contributed by atoms with Gasteiger partial charge in [0.2, 0.25) is 0 Å². The minimum Gasteiger partial charge on any atom is -0.356 e. The van der Waals surface area contributed by atoms with E-state index < -0.39 is 0 Å². The van der Waals surface area contributed by atoms with Gasteiger partial charge in [-0.15, -0.1) is 0 Å². The van der Waals surface area contributed by atoms with E-state index in [0.717, 1.165) is 108 Å². The molecule has 0 fully saturated rings. The van der Waals surface area contributed by atoms with Gasteiger partial charge >= 0.3 is 0 Å². The molecule has 0 radical (unpaired) electrons. The van der Waals surface area contributed by atoms with Gasteiger partial charge in [-0.2, -0.15) is 0 Å². The Morgan fingerprint density at radius 2 is 0.732 bits per heavy atom. The minimum absolute atomic E-state index is 0.599. The highest BCUT2D eigenvalue weighted by Crippen LogP contribution is 2.42. The lowest BCUT2D eigenvalue weighted by atomic mass is 9.89. The second-order valence-electron chi connectivity index (χ2n) is 24.6. The molecule has 10 heteroatoms. The van der Waals surface area contributed by atoms with Crippen molar-refractivity contribution in [3.05, 3.63) is 117 Å². The molecule has 0 atom stereocenters. The Labute approximate surface area is 494 Å². The van der Waals surface area contributed by atoms with Crippen molar-refractivity contribution in [2.24, 2.45) is 44.0 Å². The van der Waals surface area contributed by atoms with Crippen LogP contribution >= 0.6 is 0 Å². The summed E-state index contributed by atoms with van der Waals surface area (Å²) in [6, 6.07) is 13.9. The second-order valence-corrected chi connectivity index (χ2v) is 24.6. The number of aryl methyl sites for hydroxylation is 6. The quantitative estimate of drug-likeness (QED) is 0.0319. The Bertz CT molecular complexity index is 3050. The molecule has 9 rings (SSSR count). The molecular weight excluding hydrogens is 1000 g/mol. The van der Waals surface area contributed by atoms with E-state index in [4.69, 9.17) is 34.9 Å². The summed E-state index contributed by atoms with van der Waals surface area (Å²) in [4.78, 5) is 38.7. The molecular formula is C72H101N10+. The molecule has 6 aliphatic rings. The number of hydrogen-bond acceptors (Lipinski definition) is 8. The number of aliphatic imine (C=N–C) groups is 6. The summed E-state index contributed by atoms with van der Waals surface area (Å²) in [7, 11) is 4.13. The average Bonchev–Trinajstić information content (AvgIpc) is 4.10. The van der Waals surface area contributed by atoms with Gasteiger partial charge in [0.05, 0.1) is 5.56 Å². The van der Waals surface area contributed by atoms with Gasteiger partial charge in [-0.1, -0.05) is 232 Å². The highest BCUT2D eigenvalue weighted by molar-refractivity contribution is 6.34. The fraction of sp³-hybridized carbons (Fsp3) is 0.583. The van der Waals surface area contributed by atoms with Crippen LogP contribution in [0.3, 0.4) is 0 Å². The van der Waals surface area contributed by atoms with E-state index in [0.29, 0.717) is 23.3 Å². The number of amidine groups is 6. The highest BCUT2D eigenvalue weighted by Gasteiger charge is 2.36. The van der Waals surface area contributed by atoms with Crippen LogP contribution in [0.1, 0.15) is 289 Å². The summed E-state index contributed by atoms with van der Waals surface area (Å²) >= 11 is 0. The van der Waals surface area contributed by atoms with Crippen LogP contribution in [0.25, 0.3) is 11.1 Å². The molecule has 0 saturated carbocycles. The first kappa shape index (κ1) is 60.7. The lowest BCUT2D eigenvalue weighted by Gasteiger charge is -2.18. The van der Waals surface area contributed by atoms with Crippen molar-refractivity contribution in [1.82, 2.24) is 14.9 Å². The largest absolute Gasteiger partial charge is 0.356 e. The van der Waals surface area contributed by atoms with E-state index in [-0.39, 0.29) is 0 Å². The first-order valence-corrected chi connectivity index (χ1v) is 33.4. The van der Waals surface area contributed by atoms with E-state index in [1.807, 2.05) is 0 Å². The third kappa shape index (κ3) is 15.8. The number of nitrogens with one attached hydrogen (secondary N) is 1. The normalized spacial score (nSPS) is 14.1. The number of rotatable bonds is 36. The van der Waals surface area contributed by atoms with E-state index in [2.05, 4.69) is 117 Å². The zero-order chi connectivity index (χ0) is 56.9. The number of fused-ring (bicyclic) bond motifs is 17. The smallest absolute Gasteiger partial charge is 0.180 e. The van der Waals surface area contributed by atoms with Crippen molar-refractivity contribution in [2.75, 3.05) is 0 Å². The van der Waals surface area contributed by atoms with Crippen LogP contribution in [0.15, 0.2) is 91.1 Å². The van der Waals surface area contributed by atoms with Crippen LogP contribution in [0.4, 0.5) is 11.6 Å². The maximum atomic E-state index is 5.71. The second kappa shape index (κ2) is 31.7. The summed E-state index contributed by atoms with van der Waals surface area (Å²) in [5, 5.41) is 4.09. The monoisotopic (exact) mass is 1110 g/mol. The van der Waals surface area contributed by atoms with Crippen molar-refractivity contribution < 1.29 is 4.57 Å². The first-order valence-electron chi connectivity index (χ1n) is 33.4. The number of unbranched alkanes of at least 4 members (excludes halogenated alkanes) is 28. The molecule has 3 aromatic rings. The van der Waals surface area contributed by atoms with Crippen molar-refractivity contribution in [2.45, 2.75) is 259 Å². The van der Waals surface area contributed by atoms with Crippen LogP contribution in [-0.2, 0) is 39.8 Å². The van der Waals surface area contributed by atoms with Gasteiger partial charge in [-0.05, 0) is 79.7 Å². The van der Waals surface area contributed by atoms with E-state index >= 15 is 0 Å². The van der Waals surface area contributed by atoms with Crippen molar-refractivity contribution in [3.63, 3.8) is 0 Å². The SMILES string of the molecule is CCCCCCCCCCc1ccc(CCCCCCCCCC)c2c1C1=NC3=NC(=Nc4nc(c5cn(C)ccc4-5)N=C4N=C(NC2=N1)c1c(CCCCCCCCCC)ccc(CCCCCCCCCC)c14)c1cc[n+](C)cc13. The summed E-state index contributed by atoms with van der Waals surface area (Å²) in [5.41, 5.74) is 13.7. The molecule has 1 aromatic heterocycles. The number of benzene rings is 2. The summed E-state index contributed by atoms with van der Waals surface area (Å²) in [6.07, 6.45) is 53.3. The fourth-order valence-corrected chi connectivity index (χ4v) is 13.0. The lowest BCUT2D eigenvalue weighted by molar-refractivity contribution is -0.671. The third-order valence-electron chi connectivity index (χ3n) is 17.8. The molecule has 0 saturated heterocycles. The van der Waals surface area contributed by atoms with Crippen molar-refractivity contribution >= 4 is 46.6 Å². The predicted molar refractivity (Wildman–Crippen MR) is 347 cm³/mol. The summed E-state index contributed by atoms with van der Waals surface area (Å²) in [5.74, 6) is 5.56. The fourth-order valence-electron chi connectivity index (χ4n) is 13.0. The molecule has 0 unspecified atom stereocenters. The average molecular weight is 1110 g/mol. The molecule has 82 heavy (non-hydrogen) atoms. The maximum Gasteiger partial charge on any atom is 0.180 e. The lowest BCUT2D eigenvalue weighted by Crippen LogP contribution is -2.32. The minimum atomic E-state index is 0.599. The zero-order valence-electron chi connectivity index (χ0n) is 51.8.